The van der Waals surface area contributed by atoms with E-state index >= 15 is 0 Å². The van der Waals surface area contributed by atoms with E-state index in [2.05, 4.69) is 10.3 Å². The van der Waals surface area contributed by atoms with E-state index in [0.29, 0.717) is 13.0 Å². The molecule has 21 heavy (non-hydrogen) atoms. The zero-order valence-corrected chi connectivity index (χ0v) is 13.2. The molecule has 2 rings (SSSR count). The SMILES string of the molecule is Cc1nc(-c2ccccc2)sc1C(C)NC(=O)CCCN. The summed E-state index contributed by atoms with van der Waals surface area (Å²) >= 11 is 1.64. The number of nitrogens with one attached hydrogen (secondary N) is 1. The van der Waals surface area contributed by atoms with Gasteiger partial charge < -0.3 is 11.1 Å². The minimum absolute atomic E-state index is 0.0229. The van der Waals surface area contributed by atoms with Crippen molar-refractivity contribution in [1.82, 2.24) is 10.3 Å². The molecule has 0 spiro atoms. The number of rotatable bonds is 6. The van der Waals surface area contributed by atoms with E-state index in [4.69, 9.17) is 5.73 Å². The lowest BCUT2D eigenvalue weighted by Crippen LogP contribution is -2.26. The lowest BCUT2D eigenvalue weighted by molar-refractivity contribution is -0.121. The topological polar surface area (TPSA) is 68.0 Å². The predicted molar refractivity (Wildman–Crippen MR) is 87.1 cm³/mol. The molecule has 0 fully saturated rings. The van der Waals surface area contributed by atoms with Crippen molar-refractivity contribution in [1.29, 1.82) is 0 Å². The van der Waals surface area contributed by atoms with Gasteiger partial charge in [-0.25, -0.2) is 4.98 Å². The molecule has 2 aromatic rings. The van der Waals surface area contributed by atoms with E-state index < -0.39 is 0 Å². The maximum Gasteiger partial charge on any atom is 0.220 e. The van der Waals surface area contributed by atoms with Gasteiger partial charge in [0.25, 0.3) is 0 Å². The number of carbonyl (C=O) groups excluding carboxylic acids is 1. The van der Waals surface area contributed by atoms with E-state index in [1.807, 2.05) is 44.2 Å². The summed E-state index contributed by atoms with van der Waals surface area (Å²) in [6, 6.07) is 10.1. The van der Waals surface area contributed by atoms with Gasteiger partial charge >= 0.3 is 0 Å². The Kier molecular flexibility index (Phi) is 5.47. The Labute approximate surface area is 129 Å². The molecule has 1 aromatic heterocycles. The van der Waals surface area contributed by atoms with Crippen LogP contribution in [0.2, 0.25) is 0 Å². The molecular weight excluding hydrogens is 282 g/mol. The highest BCUT2D eigenvalue weighted by atomic mass is 32.1. The fraction of sp³-hybridized carbons (Fsp3) is 0.375. The number of hydrogen-bond acceptors (Lipinski definition) is 4. The van der Waals surface area contributed by atoms with Crippen LogP contribution in [-0.2, 0) is 4.79 Å². The average Bonchev–Trinajstić information content (AvgIpc) is 2.88. The summed E-state index contributed by atoms with van der Waals surface area (Å²) < 4.78 is 0. The van der Waals surface area contributed by atoms with Crippen molar-refractivity contribution >= 4 is 17.2 Å². The van der Waals surface area contributed by atoms with Crippen LogP contribution in [0.3, 0.4) is 0 Å². The van der Waals surface area contributed by atoms with Crippen molar-refractivity contribution in [3.05, 3.63) is 40.9 Å². The molecule has 0 aliphatic heterocycles. The molecule has 0 aliphatic carbocycles. The first-order chi connectivity index (χ1) is 10.1. The third-order valence-corrected chi connectivity index (χ3v) is 4.62. The zero-order chi connectivity index (χ0) is 15.2. The number of amides is 1. The Hall–Kier alpha value is -1.72. The van der Waals surface area contributed by atoms with Crippen molar-refractivity contribution in [3.8, 4) is 10.6 Å². The van der Waals surface area contributed by atoms with E-state index in [0.717, 1.165) is 27.6 Å². The standard InChI is InChI=1S/C16H21N3OS/c1-11(18-14(20)9-6-10-17)15-12(2)19-16(21-15)13-7-4-3-5-8-13/h3-5,7-8,11H,6,9-10,17H2,1-2H3,(H,18,20). The van der Waals surface area contributed by atoms with Gasteiger partial charge in [-0.1, -0.05) is 30.3 Å². The second kappa shape index (κ2) is 7.33. The van der Waals surface area contributed by atoms with Crippen LogP contribution in [0.1, 0.15) is 36.4 Å². The molecule has 0 bridgehead atoms. The minimum Gasteiger partial charge on any atom is -0.349 e. The highest BCUT2D eigenvalue weighted by Crippen LogP contribution is 2.31. The largest absolute Gasteiger partial charge is 0.349 e. The van der Waals surface area contributed by atoms with Gasteiger partial charge in [-0.3, -0.25) is 4.79 Å². The summed E-state index contributed by atoms with van der Waals surface area (Å²) in [6.45, 7) is 4.52. The number of aryl methyl sites for hydroxylation is 1. The van der Waals surface area contributed by atoms with Gasteiger partial charge in [0.2, 0.25) is 5.91 Å². The number of nitrogens with zero attached hydrogens (tertiary/aromatic N) is 1. The van der Waals surface area contributed by atoms with E-state index in [1.165, 1.54) is 0 Å². The van der Waals surface area contributed by atoms with E-state index in [-0.39, 0.29) is 11.9 Å². The lowest BCUT2D eigenvalue weighted by Gasteiger charge is -2.12. The lowest BCUT2D eigenvalue weighted by atomic mass is 10.2. The fourth-order valence-corrected chi connectivity index (χ4v) is 3.23. The summed E-state index contributed by atoms with van der Waals surface area (Å²) in [5.41, 5.74) is 7.51. The van der Waals surface area contributed by atoms with Gasteiger partial charge in [-0.15, -0.1) is 11.3 Å². The predicted octanol–water partition coefficient (Wildman–Crippen LogP) is 3.03. The van der Waals surface area contributed by atoms with Crippen molar-refractivity contribution in [2.45, 2.75) is 32.7 Å². The van der Waals surface area contributed by atoms with Crippen molar-refractivity contribution < 1.29 is 4.79 Å². The first-order valence-electron chi connectivity index (χ1n) is 7.14. The molecule has 112 valence electrons. The van der Waals surface area contributed by atoms with Gasteiger partial charge in [0.1, 0.15) is 5.01 Å². The molecule has 0 aliphatic rings. The second-order valence-corrected chi connectivity index (χ2v) is 6.05. The summed E-state index contributed by atoms with van der Waals surface area (Å²) in [7, 11) is 0. The van der Waals surface area contributed by atoms with Crippen LogP contribution in [0.15, 0.2) is 30.3 Å². The minimum atomic E-state index is -0.0229. The Morgan fingerprint density at radius 1 is 1.38 bits per heavy atom. The summed E-state index contributed by atoms with van der Waals surface area (Å²) in [6.07, 6.45) is 1.19. The first-order valence-corrected chi connectivity index (χ1v) is 7.95. The van der Waals surface area contributed by atoms with E-state index in [1.54, 1.807) is 11.3 Å². The molecule has 4 nitrogen and oxygen atoms in total. The van der Waals surface area contributed by atoms with Crippen LogP contribution in [-0.4, -0.2) is 17.4 Å². The Morgan fingerprint density at radius 3 is 2.76 bits per heavy atom. The zero-order valence-electron chi connectivity index (χ0n) is 12.4. The molecule has 3 N–H and O–H groups in total. The van der Waals surface area contributed by atoms with Gasteiger partial charge in [0.15, 0.2) is 0 Å². The normalized spacial score (nSPS) is 12.1. The maximum absolute atomic E-state index is 11.8. The monoisotopic (exact) mass is 303 g/mol. The quantitative estimate of drug-likeness (QED) is 0.862. The van der Waals surface area contributed by atoms with Gasteiger partial charge in [0.05, 0.1) is 16.6 Å². The summed E-state index contributed by atoms with van der Waals surface area (Å²) in [5.74, 6) is 0.0435. The molecule has 0 radical (unpaired) electrons. The summed E-state index contributed by atoms with van der Waals surface area (Å²) in [4.78, 5) is 17.5. The number of hydrogen-bond donors (Lipinski definition) is 2. The Bertz CT molecular complexity index is 595. The second-order valence-electron chi connectivity index (χ2n) is 5.02. The third kappa shape index (κ3) is 4.12. The highest BCUT2D eigenvalue weighted by Gasteiger charge is 2.16. The molecule has 1 atom stereocenters. The molecule has 1 amide bonds. The van der Waals surface area contributed by atoms with Gasteiger partial charge in [-0.2, -0.15) is 0 Å². The number of carbonyl (C=O) groups is 1. The highest BCUT2D eigenvalue weighted by molar-refractivity contribution is 7.15. The van der Waals surface area contributed by atoms with Crippen LogP contribution < -0.4 is 11.1 Å². The third-order valence-electron chi connectivity index (χ3n) is 3.23. The van der Waals surface area contributed by atoms with Crippen LogP contribution >= 0.6 is 11.3 Å². The van der Waals surface area contributed by atoms with Gasteiger partial charge in [0, 0.05) is 12.0 Å². The molecule has 0 saturated heterocycles. The maximum atomic E-state index is 11.8. The van der Waals surface area contributed by atoms with Crippen molar-refractivity contribution in [2.75, 3.05) is 6.54 Å². The van der Waals surface area contributed by atoms with Crippen LogP contribution in [0, 0.1) is 6.92 Å². The van der Waals surface area contributed by atoms with E-state index in [9.17, 15) is 4.79 Å². The number of benzene rings is 1. The fourth-order valence-electron chi connectivity index (χ4n) is 2.16. The summed E-state index contributed by atoms with van der Waals surface area (Å²) in [5, 5.41) is 4.00. The molecule has 1 unspecified atom stereocenters. The average molecular weight is 303 g/mol. The van der Waals surface area contributed by atoms with Crippen LogP contribution in [0.4, 0.5) is 0 Å². The molecular formula is C16H21N3OS. The Balaban J connectivity index is 2.10. The van der Waals surface area contributed by atoms with Gasteiger partial charge in [-0.05, 0) is 26.8 Å². The Morgan fingerprint density at radius 2 is 2.10 bits per heavy atom. The molecule has 1 heterocycles. The first kappa shape index (κ1) is 15.7. The smallest absolute Gasteiger partial charge is 0.220 e. The van der Waals surface area contributed by atoms with Crippen LogP contribution in [0.5, 0.6) is 0 Å². The molecule has 0 saturated carbocycles. The van der Waals surface area contributed by atoms with Crippen LogP contribution in [0.25, 0.3) is 10.6 Å². The number of nitrogens with two attached hydrogens (primary N) is 1. The molecule has 1 aromatic carbocycles. The van der Waals surface area contributed by atoms with Crippen molar-refractivity contribution in [3.63, 3.8) is 0 Å². The number of thiazole rings is 1. The van der Waals surface area contributed by atoms with Crippen molar-refractivity contribution in [2.24, 2.45) is 5.73 Å². The molecule has 5 heteroatoms. The number of aromatic nitrogens is 1.